The van der Waals surface area contributed by atoms with E-state index in [1.165, 1.54) is 24.8 Å². The first kappa shape index (κ1) is 19.9. The van der Waals surface area contributed by atoms with Gasteiger partial charge in [0.25, 0.3) is 0 Å². The number of amides is 3. The maximum Gasteiger partial charge on any atom is 0.317 e. The summed E-state index contributed by atoms with van der Waals surface area (Å²) in [5, 5.41) is 3.33. The Bertz CT molecular complexity index is 761. The number of fused-ring (bicyclic) bond motifs is 4. The third kappa shape index (κ3) is 3.95. The second-order valence-electron chi connectivity index (χ2n) is 9.96. The fourth-order valence-corrected chi connectivity index (χ4v) is 6.57. The molecule has 5 rings (SSSR count). The molecule has 1 aromatic rings. The molecule has 1 aromatic carbocycles. The van der Waals surface area contributed by atoms with E-state index in [0.717, 1.165) is 51.6 Å². The number of nitrogens with one attached hydrogen (secondary N) is 1. The van der Waals surface area contributed by atoms with Crippen molar-refractivity contribution >= 4 is 11.9 Å². The molecule has 3 saturated heterocycles. The first-order valence-corrected chi connectivity index (χ1v) is 12.1. The molecule has 4 fully saturated rings. The highest BCUT2D eigenvalue weighted by Gasteiger charge is 2.50. The van der Waals surface area contributed by atoms with Gasteiger partial charge in [-0.3, -0.25) is 4.79 Å². The minimum atomic E-state index is 0.130. The molecule has 0 spiro atoms. The predicted octanol–water partition coefficient (Wildman–Crippen LogP) is 3.97. The van der Waals surface area contributed by atoms with Crippen LogP contribution in [0, 0.1) is 11.8 Å². The third-order valence-corrected chi connectivity index (χ3v) is 8.00. The normalized spacial score (nSPS) is 31.9. The zero-order valence-corrected chi connectivity index (χ0v) is 18.0. The highest BCUT2D eigenvalue weighted by Crippen LogP contribution is 2.42. The van der Waals surface area contributed by atoms with Gasteiger partial charge in [-0.1, -0.05) is 49.6 Å². The van der Waals surface area contributed by atoms with Crippen molar-refractivity contribution in [2.24, 2.45) is 11.8 Å². The molecule has 30 heavy (non-hydrogen) atoms. The van der Waals surface area contributed by atoms with E-state index in [4.69, 9.17) is 0 Å². The molecular formula is C25H35N3O2. The van der Waals surface area contributed by atoms with Gasteiger partial charge in [0.1, 0.15) is 0 Å². The maximum atomic E-state index is 13.1. The average Bonchev–Trinajstić information content (AvgIpc) is 2.78. The molecule has 3 amide bonds. The zero-order chi connectivity index (χ0) is 20.5. The lowest BCUT2D eigenvalue weighted by Crippen LogP contribution is -2.66. The van der Waals surface area contributed by atoms with E-state index in [1.807, 2.05) is 6.07 Å². The smallest absolute Gasteiger partial charge is 0.317 e. The number of hydrogen-bond acceptors (Lipinski definition) is 2. The topological polar surface area (TPSA) is 52.7 Å². The molecule has 3 aliphatic heterocycles. The number of carbonyl (C=O) groups is 2. The molecule has 5 nitrogen and oxygen atoms in total. The minimum Gasteiger partial charge on any atom is -0.336 e. The fourth-order valence-electron chi connectivity index (χ4n) is 6.57. The van der Waals surface area contributed by atoms with E-state index >= 15 is 0 Å². The Kier molecular flexibility index (Phi) is 5.70. The number of hydrogen-bond donors (Lipinski definition) is 1. The molecule has 2 bridgehead atoms. The van der Waals surface area contributed by atoms with E-state index < -0.39 is 0 Å². The summed E-state index contributed by atoms with van der Waals surface area (Å²) in [7, 11) is 0. The Morgan fingerprint density at radius 3 is 2.53 bits per heavy atom. The number of nitrogens with zero attached hydrogens (tertiary/aromatic N) is 2. The highest BCUT2D eigenvalue weighted by atomic mass is 16.2. The summed E-state index contributed by atoms with van der Waals surface area (Å²) >= 11 is 0. The summed E-state index contributed by atoms with van der Waals surface area (Å²) in [4.78, 5) is 30.4. The van der Waals surface area contributed by atoms with Crippen molar-refractivity contribution in [3.63, 3.8) is 0 Å². The largest absolute Gasteiger partial charge is 0.336 e. The monoisotopic (exact) mass is 409 g/mol. The van der Waals surface area contributed by atoms with Crippen LogP contribution in [0.5, 0.6) is 0 Å². The molecule has 5 heteroatoms. The van der Waals surface area contributed by atoms with Crippen molar-refractivity contribution < 1.29 is 9.59 Å². The Morgan fingerprint density at radius 2 is 1.73 bits per heavy atom. The van der Waals surface area contributed by atoms with Crippen LogP contribution in [-0.4, -0.2) is 53.0 Å². The number of rotatable bonds is 3. The van der Waals surface area contributed by atoms with Gasteiger partial charge in [-0.25, -0.2) is 4.79 Å². The van der Waals surface area contributed by atoms with Gasteiger partial charge < -0.3 is 15.1 Å². The molecule has 1 saturated carbocycles. The summed E-state index contributed by atoms with van der Waals surface area (Å²) < 4.78 is 0. The first-order chi connectivity index (χ1) is 14.7. The van der Waals surface area contributed by atoms with Crippen LogP contribution in [0.15, 0.2) is 30.3 Å². The SMILES string of the molecule is O=C(NC1CCCCC1)N1C[C@H]2C[C@@H](C1)[C@H](Cc1ccccc1)N1C(=O)CCC[C@@H]21. The van der Waals surface area contributed by atoms with Crippen molar-refractivity contribution in [3.8, 4) is 0 Å². The summed E-state index contributed by atoms with van der Waals surface area (Å²) in [5.41, 5.74) is 1.29. The molecule has 1 N–H and O–H groups in total. The van der Waals surface area contributed by atoms with Crippen LogP contribution in [0.1, 0.15) is 63.4 Å². The summed E-state index contributed by atoms with van der Waals surface area (Å²) in [5.74, 6) is 1.14. The van der Waals surface area contributed by atoms with Gasteiger partial charge >= 0.3 is 6.03 Å². The van der Waals surface area contributed by atoms with Crippen LogP contribution >= 0.6 is 0 Å². The van der Waals surface area contributed by atoms with Gasteiger partial charge in [-0.05, 0) is 55.9 Å². The molecule has 3 heterocycles. The average molecular weight is 410 g/mol. The van der Waals surface area contributed by atoms with E-state index in [1.54, 1.807) is 0 Å². The van der Waals surface area contributed by atoms with Gasteiger partial charge in [0.2, 0.25) is 5.91 Å². The number of likely N-dealkylation sites (tertiary alicyclic amines) is 1. The lowest BCUT2D eigenvalue weighted by Gasteiger charge is -2.56. The number of urea groups is 1. The molecule has 1 aliphatic carbocycles. The first-order valence-electron chi connectivity index (χ1n) is 12.1. The van der Waals surface area contributed by atoms with Gasteiger partial charge in [-0.2, -0.15) is 0 Å². The van der Waals surface area contributed by atoms with Gasteiger partial charge in [0.05, 0.1) is 0 Å². The van der Waals surface area contributed by atoms with E-state index in [9.17, 15) is 9.59 Å². The van der Waals surface area contributed by atoms with Crippen LogP contribution in [0.2, 0.25) is 0 Å². The summed E-state index contributed by atoms with van der Waals surface area (Å²) in [6.07, 6.45) is 10.8. The lowest BCUT2D eigenvalue weighted by atomic mass is 9.71. The van der Waals surface area contributed by atoms with Gasteiger partial charge in [-0.15, -0.1) is 0 Å². The van der Waals surface area contributed by atoms with Gasteiger partial charge in [0.15, 0.2) is 0 Å². The molecule has 0 radical (unpaired) electrons. The second-order valence-corrected chi connectivity index (χ2v) is 9.96. The van der Waals surface area contributed by atoms with Crippen LogP contribution < -0.4 is 5.32 Å². The summed E-state index contributed by atoms with van der Waals surface area (Å²) in [6.45, 7) is 1.59. The highest BCUT2D eigenvalue weighted by molar-refractivity contribution is 5.78. The van der Waals surface area contributed by atoms with Crippen molar-refractivity contribution in [1.82, 2.24) is 15.1 Å². The van der Waals surface area contributed by atoms with Gasteiger partial charge in [0, 0.05) is 37.6 Å². The molecular weight excluding hydrogens is 374 g/mol. The molecule has 0 unspecified atom stereocenters. The van der Waals surface area contributed by atoms with E-state index in [-0.39, 0.29) is 12.1 Å². The molecule has 162 valence electrons. The van der Waals surface area contributed by atoms with Crippen molar-refractivity contribution in [3.05, 3.63) is 35.9 Å². The quantitative estimate of drug-likeness (QED) is 0.821. The van der Waals surface area contributed by atoms with Crippen LogP contribution in [0.4, 0.5) is 4.79 Å². The predicted molar refractivity (Wildman–Crippen MR) is 117 cm³/mol. The number of piperidine rings is 3. The minimum absolute atomic E-state index is 0.130. The van der Waals surface area contributed by atoms with Crippen molar-refractivity contribution in [2.45, 2.75) is 82.3 Å². The molecule has 0 aromatic heterocycles. The Balaban J connectivity index is 1.35. The fraction of sp³-hybridized carbons (Fsp3) is 0.680. The zero-order valence-electron chi connectivity index (χ0n) is 18.0. The van der Waals surface area contributed by atoms with E-state index in [0.29, 0.717) is 36.2 Å². The number of carbonyl (C=O) groups excluding carboxylic acids is 2. The van der Waals surface area contributed by atoms with E-state index in [2.05, 4.69) is 39.4 Å². The Labute approximate surface area is 180 Å². The standard InChI is InChI=1S/C25H35N3O2/c29-24-13-7-12-22-19-15-20(23(28(22)24)14-18-8-3-1-4-9-18)17-27(16-19)25(30)26-21-10-5-2-6-11-21/h1,3-4,8-9,19-23H,2,5-7,10-17H2,(H,26,30)/t19-,20+,22+,23+/m1/s1. The van der Waals surface area contributed by atoms with Crippen molar-refractivity contribution in [2.75, 3.05) is 13.1 Å². The summed E-state index contributed by atoms with van der Waals surface area (Å²) in [6, 6.07) is 11.6. The Hall–Kier alpha value is -2.04. The molecule has 4 aliphatic rings. The molecule has 4 atom stereocenters. The van der Waals surface area contributed by atoms with Crippen LogP contribution in [0.25, 0.3) is 0 Å². The second kappa shape index (κ2) is 8.60. The number of benzene rings is 1. The van der Waals surface area contributed by atoms with Crippen molar-refractivity contribution in [1.29, 1.82) is 0 Å². The maximum absolute atomic E-state index is 13.1. The third-order valence-electron chi connectivity index (χ3n) is 8.00. The lowest BCUT2D eigenvalue weighted by molar-refractivity contribution is -0.151. The Morgan fingerprint density at radius 1 is 0.967 bits per heavy atom. The van der Waals surface area contributed by atoms with Crippen LogP contribution in [0.3, 0.4) is 0 Å². The van der Waals surface area contributed by atoms with Crippen LogP contribution in [-0.2, 0) is 11.2 Å².